The molecule has 3 aliphatic heterocycles. The summed E-state index contributed by atoms with van der Waals surface area (Å²) in [6, 6.07) is 0. The van der Waals surface area contributed by atoms with Gasteiger partial charge in [-0.3, -0.25) is 4.79 Å². The highest BCUT2D eigenvalue weighted by atomic mass is 16.6. The average molecular weight is 358 g/mol. The Hall–Kier alpha value is -2.63. The summed E-state index contributed by atoms with van der Waals surface area (Å²) < 4.78 is 17.0. The van der Waals surface area contributed by atoms with Crippen molar-refractivity contribution in [2.45, 2.75) is 51.9 Å². The molecule has 6 nitrogen and oxygen atoms in total. The zero-order chi connectivity index (χ0) is 19.2. The topological polar surface area (TPSA) is 78.9 Å². The van der Waals surface area contributed by atoms with Gasteiger partial charge in [0.25, 0.3) is 0 Å². The summed E-state index contributed by atoms with van der Waals surface area (Å²) in [5.41, 5.74) is 0.195. The van der Waals surface area contributed by atoms with Crippen LogP contribution < -0.4 is 0 Å². The van der Waals surface area contributed by atoms with Crippen LogP contribution >= 0.6 is 0 Å². The zero-order valence-corrected chi connectivity index (χ0v) is 15.3. The van der Waals surface area contributed by atoms with E-state index in [4.69, 9.17) is 14.2 Å². The molecule has 0 aromatic carbocycles. The van der Waals surface area contributed by atoms with Gasteiger partial charge in [0, 0.05) is 23.6 Å². The number of ketones is 1. The first-order chi connectivity index (χ1) is 12.2. The molecule has 4 atom stereocenters. The molecule has 0 spiro atoms. The van der Waals surface area contributed by atoms with Crippen molar-refractivity contribution in [1.29, 1.82) is 0 Å². The Morgan fingerprint density at radius 2 is 2.12 bits per heavy atom. The Labute approximate surface area is 152 Å². The molecule has 0 N–H and O–H groups in total. The minimum atomic E-state index is -1.17. The van der Waals surface area contributed by atoms with Crippen molar-refractivity contribution in [1.82, 2.24) is 0 Å². The van der Waals surface area contributed by atoms with Gasteiger partial charge in [-0.1, -0.05) is 12.7 Å². The number of fused-ring (bicyclic) bond motifs is 3. The quantitative estimate of drug-likeness (QED) is 0.558. The van der Waals surface area contributed by atoms with Gasteiger partial charge in [0.2, 0.25) is 5.78 Å². The van der Waals surface area contributed by atoms with E-state index in [0.29, 0.717) is 16.9 Å². The first-order valence-corrected chi connectivity index (χ1v) is 8.54. The van der Waals surface area contributed by atoms with E-state index in [-0.39, 0.29) is 17.8 Å². The summed E-state index contributed by atoms with van der Waals surface area (Å²) in [6.07, 6.45) is 3.50. The van der Waals surface area contributed by atoms with Crippen molar-refractivity contribution >= 4 is 17.7 Å². The number of hydrogen-bond acceptors (Lipinski definition) is 6. The van der Waals surface area contributed by atoms with Gasteiger partial charge >= 0.3 is 11.9 Å². The number of esters is 2. The number of rotatable bonds is 2. The third-order valence-electron chi connectivity index (χ3n) is 5.19. The Bertz CT molecular complexity index is 799. The van der Waals surface area contributed by atoms with Crippen LogP contribution in [-0.4, -0.2) is 35.5 Å². The highest BCUT2D eigenvalue weighted by molar-refractivity contribution is 6.00. The summed E-state index contributed by atoms with van der Waals surface area (Å²) >= 11 is 0. The van der Waals surface area contributed by atoms with Crippen molar-refractivity contribution in [3.63, 3.8) is 0 Å². The van der Waals surface area contributed by atoms with Crippen molar-refractivity contribution in [3.05, 3.63) is 47.3 Å². The minimum Gasteiger partial charge on any atom is -0.479 e. The summed E-state index contributed by atoms with van der Waals surface area (Å²) in [4.78, 5) is 36.9. The molecule has 6 heteroatoms. The Morgan fingerprint density at radius 3 is 2.77 bits per heavy atom. The molecular weight excluding hydrogens is 336 g/mol. The molecule has 26 heavy (non-hydrogen) atoms. The maximum atomic E-state index is 12.5. The number of carbonyl (C=O) groups excluding carboxylic acids is 3. The highest BCUT2D eigenvalue weighted by Crippen LogP contribution is 2.42. The summed E-state index contributed by atoms with van der Waals surface area (Å²) in [6.45, 7) is 10.6. The normalized spacial score (nSPS) is 35.9. The monoisotopic (exact) mass is 358 g/mol. The molecule has 0 amide bonds. The van der Waals surface area contributed by atoms with Gasteiger partial charge in [0.1, 0.15) is 18.0 Å². The molecule has 1 fully saturated rings. The van der Waals surface area contributed by atoms with Crippen molar-refractivity contribution in [2.75, 3.05) is 0 Å². The van der Waals surface area contributed by atoms with Crippen molar-refractivity contribution in [3.8, 4) is 0 Å². The first kappa shape index (κ1) is 18.2. The van der Waals surface area contributed by atoms with Gasteiger partial charge < -0.3 is 14.2 Å². The summed E-state index contributed by atoms with van der Waals surface area (Å²) in [5.74, 6) is -1.35. The lowest BCUT2D eigenvalue weighted by atomic mass is 9.82. The van der Waals surface area contributed by atoms with Gasteiger partial charge in [0.15, 0.2) is 5.60 Å². The third-order valence-corrected chi connectivity index (χ3v) is 5.19. The Balaban J connectivity index is 2.05. The van der Waals surface area contributed by atoms with E-state index in [2.05, 4.69) is 6.58 Å². The average Bonchev–Trinajstić information content (AvgIpc) is 3.03. The molecule has 0 saturated carbocycles. The number of allylic oxidation sites excluding steroid dienone is 2. The fourth-order valence-electron chi connectivity index (χ4n) is 3.41. The SMILES string of the molecule is C=C1C(=O)OC2/C=C(/C)C3=CC(=O)C(C)(CC(OC(=O)/C(C)=C/C)C12)O3. The molecule has 0 aromatic heterocycles. The second-order valence-electron chi connectivity index (χ2n) is 7.10. The van der Waals surface area contributed by atoms with E-state index in [9.17, 15) is 14.4 Å². The molecule has 1 saturated heterocycles. The van der Waals surface area contributed by atoms with E-state index in [0.717, 1.165) is 0 Å². The molecular formula is C20H22O6. The molecule has 138 valence electrons. The van der Waals surface area contributed by atoms with Crippen LogP contribution in [0.25, 0.3) is 0 Å². The standard InChI is InChI=1S/C20H22O6/c1-6-10(2)18(22)25-15-9-20(5)16(21)8-13(26-20)11(3)7-14-17(15)12(4)19(23)24-14/h6-8,14-15,17H,4,9H2,1-3,5H3/b10-6+,11-7-. The Morgan fingerprint density at radius 1 is 1.42 bits per heavy atom. The lowest BCUT2D eigenvalue weighted by Crippen LogP contribution is -2.42. The summed E-state index contributed by atoms with van der Waals surface area (Å²) in [7, 11) is 0. The largest absolute Gasteiger partial charge is 0.479 e. The smallest absolute Gasteiger partial charge is 0.334 e. The molecule has 4 unspecified atom stereocenters. The fraction of sp³-hybridized carbons (Fsp3) is 0.450. The number of carbonyl (C=O) groups is 3. The van der Waals surface area contributed by atoms with Crippen LogP contribution in [-0.2, 0) is 28.6 Å². The van der Waals surface area contributed by atoms with Crippen LogP contribution in [0.4, 0.5) is 0 Å². The second-order valence-corrected chi connectivity index (χ2v) is 7.10. The molecule has 3 rings (SSSR count). The van der Waals surface area contributed by atoms with Crippen LogP contribution in [0.3, 0.4) is 0 Å². The maximum Gasteiger partial charge on any atom is 0.334 e. The number of hydrogen-bond donors (Lipinski definition) is 0. The van der Waals surface area contributed by atoms with Gasteiger partial charge in [-0.25, -0.2) is 9.59 Å². The van der Waals surface area contributed by atoms with Crippen LogP contribution in [0.1, 0.15) is 34.1 Å². The molecule has 0 aliphatic carbocycles. The first-order valence-electron chi connectivity index (χ1n) is 8.54. The Kier molecular flexibility index (Phi) is 4.38. The number of ether oxygens (including phenoxy) is 3. The molecule has 0 aromatic rings. The predicted molar refractivity (Wildman–Crippen MR) is 92.8 cm³/mol. The van der Waals surface area contributed by atoms with E-state index in [1.54, 1.807) is 39.8 Å². The van der Waals surface area contributed by atoms with E-state index in [1.165, 1.54) is 6.08 Å². The van der Waals surface area contributed by atoms with Crippen molar-refractivity contribution < 1.29 is 28.6 Å². The van der Waals surface area contributed by atoms with Crippen molar-refractivity contribution in [2.24, 2.45) is 5.92 Å². The van der Waals surface area contributed by atoms with Gasteiger partial charge in [-0.15, -0.1) is 0 Å². The molecule has 3 aliphatic rings. The molecule has 2 bridgehead atoms. The predicted octanol–water partition coefficient (Wildman–Crippen LogP) is 2.55. The van der Waals surface area contributed by atoms with E-state index in [1.807, 2.05) is 0 Å². The fourth-order valence-corrected chi connectivity index (χ4v) is 3.41. The van der Waals surface area contributed by atoms with E-state index >= 15 is 0 Å². The summed E-state index contributed by atoms with van der Waals surface area (Å²) in [5, 5.41) is 0. The highest BCUT2D eigenvalue weighted by Gasteiger charge is 2.51. The van der Waals surface area contributed by atoms with Crippen LogP contribution in [0, 0.1) is 5.92 Å². The van der Waals surface area contributed by atoms with Gasteiger partial charge in [-0.05, 0) is 39.3 Å². The van der Waals surface area contributed by atoms with Crippen LogP contribution in [0.5, 0.6) is 0 Å². The van der Waals surface area contributed by atoms with Gasteiger partial charge in [0.05, 0.1) is 5.92 Å². The van der Waals surface area contributed by atoms with Crippen LogP contribution in [0.15, 0.2) is 47.3 Å². The zero-order valence-electron chi connectivity index (χ0n) is 15.3. The second kappa shape index (κ2) is 6.27. The third kappa shape index (κ3) is 2.89. The lowest BCUT2D eigenvalue weighted by molar-refractivity contribution is -0.153. The molecule has 0 radical (unpaired) electrons. The maximum absolute atomic E-state index is 12.5. The lowest BCUT2D eigenvalue weighted by Gasteiger charge is -2.31. The van der Waals surface area contributed by atoms with Gasteiger partial charge in [-0.2, -0.15) is 0 Å². The minimum absolute atomic E-state index is 0.104. The van der Waals surface area contributed by atoms with Crippen LogP contribution in [0.2, 0.25) is 0 Å². The van der Waals surface area contributed by atoms with E-state index < -0.39 is 35.7 Å². The molecule has 3 heterocycles.